The van der Waals surface area contributed by atoms with Crippen LogP contribution in [0.15, 0.2) is 0 Å². The molecule has 0 bridgehead atoms. The normalized spacial score (nSPS) is 25.5. The van der Waals surface area contributed by atoms with E-state index in [9.17, 15) is 8.42 Å². The predicted molar refractivity (Wildman–Crippen MR) is 64.6 cm³/mol. The lowest BCUT2D eigenvalue weighted by molar-refractivity contribution is -0.184. The van der Waals surface area contributed by atoms with Crippen LogP contribution in [0.2, 0.25) is 0 Å². The first-order chi connectivity index (χ1) is 8.05. The molecule has 1 spiro atoms. The molecular formula is C11H21NO4S. The second-order valence-corrected chi connectivity index (χ2v) is 7.16. The minimum Gasteiger partial charge on any atom is -0.347 e. The third kappa shape index (κ3) is 3.40. The van der Waals surface area contributed by atoms with Gasteiger partial charge in [-0.3, -0.25) is 0 Å². The molecule has 0 atom stereocenters. The molecule has 2 rings (SSSR count). The largest absolute Gasteiger partial charge is 0.347 e. The Balaban J connectivity index is 1.76. The van der Waals surface area contributed by atoms with Crippen LogP contribution in [0.25, 0.3) is 0 Å². The van der Waals surface area contributed by atoms with Gasteiger partial charge in [-0.25, -0.2) is 8.42 Å². The summed E-state index contributed by atoms with van der Waals surface area (Å²) in [5.74, 6) is 0.134. The highest BCUT2D eigenvalue weighted by atomic mass is 32.2. The summed E-state index contributed by atoms with van der Waals surface area (Å²) in [6, 6.07) is 0. The Hall–Kier alpha value is -0.170. The van der Waals surface area contributed by atoms with Crippen LogP contribution in [-0.2, 0) is 19.3 Å². The van der Waals surface area contributed by atoms with Gasteiger partial charge in [0.25, 0.3) is 0 Å². The summed E-state index contributed by atoms with van der Waals surface area (Å²) in [7, 11) is -2.85. The maximum absolute atomic E-state index is 11.4. The van der Waals surface area contributed by atoms with Crippen molar-refractivity contribution in [1.29, 1.82) is 0 Å². The Morgan fingerprint density at radius 2 is 1.76 bits per heavy atom. The number of ether oxygens (including phenoxy) is 2. The molecule has 0 aromatic carbocycles. The van der Waals surface area contributed by atoms with E-state index in [1.807, 2.05) is 0 Å². The van der Waals surface area contributed by atoms with E-state index in [0.29, 0.717) is 19.8 Å². The number of sulfone groups is 1. The highest BCUT2D eigenvalue weighted by molar-refractivity contribution is 7.91. The van der Waals surface area contributed by atoms with E-state index in [1.54, 1.807) is 6.92 Å². The van der Waals surface area contributed by atoms with Gasteiger partial charge in [0.15, 0.2) is 15.6 Å². The van der Waals surface area contributed by atoms with Crippen molar-refractivity contribution in [1.82, 2.24) is 4.90 Å². The van der Waals surface area contributed by atoms with E-state index in [2.05, 4.69) is 4.90 Å². The average Bonchev–Trinajstić information content (AvgIpc) is 2.77. The Morgan fingerprint density at radius 1 is 1.18 bits per heavy atom. The summed E-state index contributed by atoms with van der Waals surface area (Å²) in [6.45, 7) is 5.42. The van der Waals surface area contributed by atoms with Crippen molar-refractivity contribution < 1.29 is 17.9 Å². The zero-order chi connectivity index (χ0) is 12.4. The third-order valence-electron chi connectivity index (χ3n) is 3.59. The minimum atomic E-state index is -2.85. The molecule has 6 heteroatoms. The van der Waals surface area contributed by atoms with Gasteiger partial charge in [0.05, 0.1) is 19.0 Å². The van der Waals surface area contributed by atoms with Gasteiger partial charge in [-0.1, -0.05) is 6.92 Å². The predicted octanol–water partition coefficient (Wildman–Crippen LogP) is 0.260. The first-order valence-electron chi connectivity index (χ1n) is 6.26. The minimum absolute atomic E-state index is 0.233. The van der Waals surface area contributed by atoms with Crippen LogP contribution in [0.3, 0.4) is 0 Å². The van der Waals surface area contributed by atoms with Crippen LogP contribution >= 0.6 is 0 Å². The molecule has 2 heterocycles. The molecule has 0 aromatic rings. The van der Waals surface area contributed by atoms with E-state index in [1.165, 1.54) is 0 Å². The zero-order valence-electron chi connectivity index (χ0n) is 10.4. The molecule has 0 aromatic heterocycles. The van der Waals surface area contributed by atoms with E-state index in [-0.39, 0.29) is 17.3 Å². The summed E-state index contributed by atoms with van der Waals surface area (Å²) in [4.78, 5) is 2.18. The van der Waals surface area contributed by atoms with Crippen LogP contribution < -0.4 is 0 Å². The summed E-state index contributed by atoms with van der Waals surface area (Å²) < 4.78 is 34.1. The summed E-state index contributed by atoms with van der Waals surface area (Å²) in [5, 5.41) is 0. The lowest BCUT2D eigenvalue weighted by Gasteiger charge is -2.37. The molecule has 5 nitrogen and oxygen atoms in total. The molecule has 17 heavy (non-hydrogen) atoms. The first-order valence-corrected chi connectivity index (χ1v) is 8.08. The molecular weight excluding hydrogens is 242 g/mol. The number of hydrogen-bond acceptors (Lipinski definition) is 5. The van der Waals surface area contributed by atoms with Gasteiger partial charge in [-0.2, -0.15) is 0 Å². The highest BCUT2D eigenvalue weighted by Gasteiger charge is 2.39. The molecule has 100 valence electrons. The number of likely N-dealkylation sites (tertiary alicyclic amines) is 1. The fourth-order valence-corrected chi connectivity index (χ4v) is 3.14. The molecule has 0 saturated carbocycles. The van der Waals surface area contributed by atoms with Crippen molar-refractivity contribution in [3.8, 4) is 0 Å². The van der Waals surface area contributed by atoms with Crippen LogP contribution in [-0.4, -0.2) is 63.5 Å². The second kappa shape index (κ2) is 5.22. The van der Waals surface area contributed by atoms with Gasteiger partial charge in [0.2, 0.25) is 0 Å². The Kier molecular flexibility index (Phi) is 4.07. The lowest BCUT2D eigenvalue weighted by atomic mass is 10.0. The maximum Gasteiger partial charge on any atom is 0.170 e. The zero-order valence-corrected chi connectivity index (χ0v) is 11.2. The molecule has 0 N–H and O–H groups in total. The topological polar surface area (TPSA) is 55.8 Å². The van der Waals surface area contributed by atoms with Crippen LogP contribution in [0, 0.1) is 0 Å². The number of hydrogen-bond donors (Lipinski definition) is 0. The lowest BCUT2D eigenvalue weighted by Crippen LogP contribution is -2.46. The molecule has 0 amide bonds. The van der Waals surface area contributed by atoms with E-state index in [0.717, 1.165) is 25.9 Å². The van der Waals surface area contributed by atoms with Crippen molar-refractivity contribution in [2.45, 2.75) is 25.6 Å². The van der Waals surface area contributed by atoms with Gasteiger partial charge >= 0.3 is 0 Å². The molecule has 2 aliphatic rings. The number of rotatable bonds is 4. The fraction of sp³-hybridized carbons (Fsp3) is 1.00. The molecule has 0 radical (unpaired) electrons. The van der Waals surface area contributed by atoms with Crippen molar-refractivity contribution in [2.75, 3.05) is 44.4 Å². The summed E-state index contributed by atoms with van der Waals surface area (Å²) in [6.07, 6.45) is 1.69. The molecule has 0 aliphatic carbocycles. The van der Waals surface area contributed by atoms with Gasteiger partial charge in [-0.05, 0) is 0 Å². The molecule has 2 saturated heterocycles. The second-order valence-electron chi connectivity index (χ2n) is 4.69. The monoisotopic (exact) mass is 263 g/mol. The SMILES string of the molecule is CCS(=O)(=O)CCN1CCC2(CC1)OCCO2. The first kappa shape index (κ1) is 13.3. The highest BCUT2D eigenvalue weighted by Crippen LogP contribution is 2.30. The van der Waals surface area contributed by atoms with Crippen molar-refractivity contribution >= 4 is 9.84 Å². The number of piperidine rings is 1. The Bertz CT molecular complexity index is 338. The van der Waals surface area contributed by atoms with E-state index in [4.69, 9.17) is 9.47 Å². The quantitative estimate of drug-likeness (QED) is 0.728. The van der Waals surface area contributed by atoms with Gasteiger partial charge < -0.3 is 14.4 Å². The van der Waals surface area contributed by atoms with Crippen LogP contribution in [0.1, 0.15) is 19.8 Å². The maximum atomic E-state index is 11.4. The van der Waals surface area contributed by atoms with Gasteiger partial charge in [-0.15, -0.1) is 0 Å². The van der Waals surface area contributed by atoms with Crippen molar-refractivity contribution in [3.63, 3.8) is 0 Å². The summed E-state index contributed by atoms with van der Waals surface area (Å²) in [5.41, 5.74) is 0. The van der Waals surface area contributed by atoms with Gasteiger partial charge in [0.1, 0.15) is 0 Å². The van der Waals surface area contributed by atoms with Gasteiger partial charge in [0, 0.05) is 38.2 Å². The van der Waals surface area contributed by atoms with Crippen LogP contribution in [0.5, 0.6) is 0 Å². The van der Waals surface area contributed by atoms with Crippen LogP contribution in [0.4, 0.5) is 0 Å². The van der Waals surface area contributed by atoms with Crippen molar-refractivity contribution in [2.24, 2.45) is 0 Å². The van der Waals surface area contributed by atoms with E-state index < -0.39 is 9.84 Å². The molecule has 2 aliphatic heterocycles. The summed E-state index contributed by atoms with van der Waals surface area (Å²) >= 11 is 0. The number of nitrogens with zero attached hydrogens (tertiary/aromatic N) is 1. The molecule has 0 unspecified atom stereocenters. The smallest absolute Gasteiger partial charge is 0.170 e. The Morgan fingerprint density at radius 3 is 2.29 bits per heavy atom. The van der Waals surface area contributed by atoms with E-state index >= 15 is 0 Å². The van der Waals surface area contributed by atoms with Crippen molar-refractivity contribution in [3.05, 3.63) is 0 Å². The molecule has 2 fully saturated rings. The standard InChI is InChI=1S/C11H21NO4S/c1-2-17(13,14)10-7-12-5-3-11(4-6-12)15-8-9-16-11/h2-10H2,1H3. The fourth-order valence-electron chi connectivity index (χ4n) is 2.32. The Labute approximate surface area is 103 Å². The third-order valence-corrected chi connectivity index (χ3v) is 5.27. The average molecular weight is 263 g/mol.